The minimum atomic E-state index is -0.523. The maximum Gasteiger partial charge on any atom is 0.261 e. The molecule has 0 bridgehead atoms. The topological polar surface area (TPSA) is 38.3 Å². The zero-order valence-corrected chi connectivity index (χ0v) is 9.50. The van der Waals surface area contributed by atoms with Gasteiger partial charge in [-0.05, 0) is 37.6 Å². The van der Waals surface area contributed by atoms with E-state index >= 15 is 0 Å². The van der Waals surface area contributed by atoms with Crippen molar-refractivity contribution in [1.82, 2.24) is 5.32 Å². The van der Waals surface area contributed by atoms with Crippen LogP contribution in [0.15, 0.2) is 24.3 Å². The fourth-order valence-electron chi connectivity index (χ4n) is 1.29. The van der Waals surface area contributed by atoms with Gasteiger partial charge in [0, 0.05) is 6.54 Å². The Morgan fingerprint density at radius 3 is 2.50 bits per heavy atom. The first-order valence-electron chi connectivity index (χ1n) is 5.37. The van der Waals surface area contributed by atoms with Crippen molar-refractivity contribution in [2.75, 3.05) is 6.54 Å². The average molecular weight is 225 g/mol. The third kappa shape index (κ3) is 3.53. The second-order valence-corrected chi connectivity index (χ2v) is 3.36. The van der Waals surface area contributed by atoms with E-state index in [-0.39, 0.29) is 11.7 Å². The molecule has 1 rings (SSSR count). The summed E-state index contributed by atoms with van der Waals surface area (Å²) in [5.74, 6) is 0.0345. The van der Waals surface area contributed by atoms with E-state index in [4.69, 9.17) is 4.74 Å². The van der Waals surface area contributed by atoms with Crippen LogP contribution in [0.3, 0.4) is 0 Å². The monoisotopic (exact) mass is 225 g/mol. The van der Waals surface area contributed by atoms with Crippen LogP contribution in [-0.2, 0) is 4.79 Å². The number of hydrogen-bond donors (Lipinski definition) is 1. The molecular formula is C12H16FNO2. The van der Waals surface area contributed by atoms with Crippen molar-refractivity contribution in [2.45, 2.75) is 26.4 Å². The molecule has 88 valence electrons. The molecule has 4 heteroatoms. The van der Waals surface area contributed by atoms with Crippen molar-refractivity contribution in [3.05, 3.63) is 30.1 Å². The number of ether oxygens (including phenoxy) is 1. The highest BCUT2D eigenvalue weighted by molar-refractivity contribution is 5.80. The lowest BCUT2D eigenvalue weighted by atomic mass is 10.2. The fraction of sp³-hybridized carbons (Fsp3) is 0.417. The third-order valence-corrected chi connectivity index (χ3v) is 2.11. The molecule has 3 nitrogen and oxygen atoms in total. The molecule has 0 aromatic heterocycles. The van der Waals surface area contributed by atoms with Gasteiger partial charge in [-0.3, -0.25) is 4.79 Å². The van der Waals surface area contributed by atoms with Gasteiger partial charge in [0.1, 0.15) is 11.6 Å². The molecule has 1 aromatic rings. The van der Waals surface area contributed by atoms with Gasteiger partial charge in [0.25, 0.3) is 5.91 Å². The minimum absolute atomic E-state index is 0.144. The standard InChI is InChI=1S/C12H16FNO2/c1-3-11(12(15)14-4-2)16-10-7-5-9(13)6-8-10/h5-8,11H,3-4H2,1-2H3,(H,14,15)/t11-/m1/s1. The van der Waals surface area contributed by atoms with Crippen LogP contribution < -0.4 is 10.1 Å². The minimum Gasteiger partial charge on any atom is -0.481 e. The third-order valence-electron chi connectivity index (χ3n) is 2.11. The number of carbonyl (C=O) groups is 1. The van der Waals surface area contributed by atoms with E-state index in [1.807, 2.05) is 13.8 Å². The first kappa shape index (κ1) is 12.5. The molecule has 1 atom stereocenters. The second kappa shape index (κ2) is 6.10. The van der Waals surface area contributed by atoms with Gasteiger partial charge >= 0.3 is 0 Å². The van der Waals surface area contributed by atoms with Crippen molar-refractivity contribution in [1.29, 1.82) is 0 Å². The molecule has 0 aliphatic rings. The summed E-state index contributed by atoms with van der Waals surface area (Å²) in [5.41, 5.74) is 0. The zero-order chi connectivity index (χ0) is 12.0. The van der Waals surface area contributed by atoms with Crippen LogP contribution in [0, 0.1) is 5.82 Å². The van der Waals surface area contributed by atoms with E-state index in [0.717, 1.165) is 0 Å². The predicted molar refractivity (Wildman–Crippen MR) is 59.8 cm³/mol. The fourth-order valence-corrected chi connectivity index (χ4v) is 1.29. The van der Waals surface area contributed by atoms with Crippen LogP contribution in [-0.4, -0.2) is 18.6 Å². The second-order valence-electron chi connectivity index (χ2n) is 3.36. The van der Waals surface area contributed by atoms with E-state index in [2.05, 4.69) is 5.32 Å². The Labute approximate surface area is 94.6 Å². The lowest BCUT2D eigenvalue weighted by Crippen LogP contribution is -2.37. The van der Waals surface area contributed by atoms with E-state index < -0.39 is 6.10 Å². The Morgan fingerprint density at radius 2 is 2.00 bits per heavy atom. The van der Waals surface area contributed by atoms with Gasteiger partial charge in [0.15, 0.2) is 6.10 Å². The Bertz CT molecular complexity index is 337. The van der Waals surface area contributed by atoms with Crippen molar-refractivity contribution < 1.29 is 13.9 Å². The molecular weight excluding hydrogens is 209 g/mol. The van der Waals surface area contributed by atoms with Crippen LogP contribution in [0.2, 0.25) is 0 Å². The van der Waals surface area contributed by atoms with E-state index in [1.165, 1.54) is 24.3 Å². The first-order valence-corrected chi connectivity index (χ1v) is 5.37. The number of nitrogens with one attached hydrogen (secondary N) is 1. The summed E-state index contributed by atoms with van der Waals surface area (Å²) in [4.78, 5) is 11.5. The number of benzene rings is 1. The van der Waals surface area contributed by atoms with Crippen molar-refractivity contribution in [2.24, 2.45) is 0 Å². The summed E-state index contributed by atoms with van der Waals surface area (Å²) in [6.45, 7) is 4.29. The Kier molecular flexibility index (Phi) is 4.76. The zero-order valence-electron chi connectivity index (χ0n) is 9.50. The smallest absolute Gasteiger partial charge is 0.261 e. The largest absolute Gasteiger partial charge is 0.481 e. The molecule has 0 aliphatic carbocycles. The number of hydrogen-bond acceptors (Lipinski definition) is 2. The first-order chi connectivity index (χ1) is 7.67. The van der Waals surface area contributed by atoms with Crippen LogP contribution in [0.1, 0.15) is 20.3 Å². The normalized spacial score (nSPS) is 11.9. The van der Waals surface area contributed by atoms with E-state index in [9.17, 15) is 9.18 Å². The van der Waals surface area contributed by atoms with Gasteiger partial charge < -0.3 is 10.1 Å². The van der Waals surface area contributed by atoms with Crippen LogP contribution in [0.25, 0.3) is 0 Å². The quantitative estimate of drug-likeness (QED) is 0.833. The highest BCUT2D eigenvalue weighted by atomic mass is 19.1. The Morgan fingerprint density at radius 1 is 1.38 bits per heavy atom. The number of carbonyl (C=O) groups excluding carboxylic acids is 1. The maximum atomic E-state index is 12.7. The summed E-state index contributed by atoms with van der Waals surface area (Å²) in [7, 11) is 0. The highest BCUT2D eigenvalue weighted by Gasteiger charge is 2.17. The van der Waals surface area contributed by atoms with Crippen molar-refractivity contribution in [3.63, 3.8) is 0 Å². The lowest BCUT2D eigenvalue weighted by molar-refractivity contribution is -0.128. The Balaban J connectivity index is 2.62. The van der Waals surface area contributed by atoms with Crippen LogP contribution in [0.5, 0.6) is 5.75 Å². The van der Waals surface area contributed by atoms with Gasteiger partial charge in [0.05, 0.1) is 0 Å². The molecule has 16 heavy (non-hydrogen) atoms. The molecule has 0 saturated heterocycles. The SMILES string of the molecule is CCNC(=O)[C@@H](CC)Oc1ccc(F)cc1. The Hall–Kier alpha value is -1.58. The van der Waals surface area contributed by atoms with E-state index in [1.54, 1.807) is 0 Å². The molecule has 0 heterocycles. The molecule has 0 aliphatic heterocycles. The number of amides is 1. The molecule has 0 spiro atoms. The summed E-state index contributed by atoms with van der Waals surface area (Å²) in [6, 6.07) is 5.63. The van der Waals surface area contributed by atoms with Crippen LogP contribution in [0.4, 0.5) is 4.39 Å². The van der Waals surface area contributed by atoms with Gasteiger partial charge in [0.2, 0.25) is 0 Å². The number of likely N-dealkylation sites (N-methyl/N-ethyl adjacent to an activating group) is 1. The molecule has 1 aromatic carbocycles. The molecule has 0 saturated carbocycles. The van der Waals surface area contributed by atoms with Crippen molar-refractivity contribution in [3.8, 4) is 5.75 Å². The summed E-state index contributed by atoms with van der Waals surface area (Å²) in [5, 5.41) is 2.69. The van der Waals surface area contributed by atoms with Crippen molar-refractivity contribution >= 4 is 5.91 Å². The summed E-state index contributed by atoms with van der Waals surface area (Å²) < 4.78 is 18.1. The predicted octanol–water partition coefficient (Wildman–Crippen LogP) is 2.12. The van der Waals surface area contributed by atoms with Gasteiger partial charge in [-0.15, -0.1) is 0 Å². The number of rotatable bonds is 5. The molecule has 0 fully saturated rings. The van der Waals surface area contributed by atoms with Gasteiger partial charge in [-0.25, -0.2) is 4.39 Å². The van der Waals surface area contributed by atoms with Gasteiger partial charge in [-0.2, -0.15) is 0 Å². The maximum absolute atomic E-state index is 12.7. The molecule has 1 N–H and O–H groups in total. The number of halogens is 1. The van der Waals surface area contributed by atoms with E-state index in [0.29, 0.717) is 18.7 Å². The average Bonchev–Trinajstić information content (AvgIpc) is 2.28. The summed E-state index contributed by atoms with van der Waals surface area (Å²) in [6.07, 6.45) is 0.0499. The molecule has 1 amide bonds. The molecule has 0 radical (unpaired) electrons. The van der Waals surface area contributed by atoms with Gasteiger partial charge in [-0.1, -0.05) is 6.92 Å². The van der Waals surface area contributed by atoms with Crippen LogP contribution >= 0.6 is 0 Å². The lowest BCUT2D eigenvalue weighted by Gasteiger charge is -2.16. The summed E-state index contributed by atoms with van der Waals surface area (Å²) >= 11 is 0. The molecule has 0 unspecified atom stereocenters. The highest BCUT2D eigenvalue weighted by Crippen LogP contribution is 2.14.